The molecule has 2 unspecified atom stereocenters. The second-order valence-electron chi connectivity index (χ2n) is 4.49. The lowest BCUT2D eigenvalue weighted by molar-refractivity contribution is -0.140. The summed E-state index contributed by atoms with van der Waals surface area (Å²) >= 11 is 1.37. The molecule has 1 heterocycles. The lowest BCUT2D eigenvalue weighted by Crippen LogP contribution is -2.25. The van der Waals surface area contributed by atoms with Crippen molar-refractivity contribution in [3.8, 4) is 0 Å². The van der Waals surface area contributed by atoms with Gasteiger partial charge in [-0.25, -0.2) is 0 Å². The fraction of sp³-hybridized carbons (Fsp3) is 0.357. The topological polar surface area (TPSA) is 57.0 Å². The van der Waals surface area contributed by atoms with E-state index in [1.165, 1.54) is 18.9 Å². The summed E-state index contributed by atoms with van der Waals surface area (Å²) in [5.74, 6) is -0.236. The third-order valence-corrected chi connectivity index (χ3v) is 4.55. The van der Waals surface area contributed by atoms with E-state index in [9.17, 15) is 4.79 Å². The van der Waals surface area contributed by atoms with Crippen molar-refractivity contribution in [2.45, 2.75) is 23.2 Å². The quantitative estimate of drug-likeness (QED) is 0.624. The third kappa shape index (κ3) is 3.19. The number of nitrogens with zero attached hydrogens (tertiary/aromatic N) is 3. The first-order valence-corrected chi connectivity index (χ1v) is 7.15. The molecule has 0 bridgehead atoms. The molecular formula is C14H17N3O2S. The number of ether oxygens (including phenoxy) is 1. The molecule has 0 saturated heterocycles. The Bertz CT molecular complexity index is 571. The van der Waals surface area contributed by atoms with E-state index in [2.05, 4.69) is 10.2 Å². The van der Waals surface area contributed by atoms with Gasteiger partial charge in [0.1, 0.15) is 11.6 Å². The van der Waals surface area contributed by atoms with Gasteiger partial charge in [0, 0.05) is 13.0 Å². The van der Waals surface area contributed by atoms with Crippen LogP contribution in [0.5, 0.6) is 0 Å². The van der Waals surface area contributed by atoms with E-state index >= 15 is 0 Å². The van der Waals surface area contributed by atoms with Crippen LogP contribution in [0.15, 0.2) is 41.8 Å². The highest BCUT2D eigenvalue weighted by Gasteiger charge is 2.29. The monoisotopic (exact) mass is 291 g/mol. The predicted octanol–water partition coefficient (Wildman–Crippen LogP) is 2.25. The van der Waals surface area contributed by atoms with Gasteiger partial charge >= 0.3 is 5.97 Å². The number of methoxy groups -OCH3 is 1. The van der Waals surface area contributed by atoms with Crippen LogP contribution in [-0.4, -0.2) is 33.1 Å². The molecule has 6 heteroatoms. The number of rotatable bonds is 5. The number of carbonyl (C=O) groups excluding carboxylic acids is 1. The molecule has 0 saturated carbocycles. The number of esters is 1. The number of aromatic nitrogens is 3. The number of hydrogen-bond acceptors (Lipinski definition) is 5. The van der Waals surface area contributed by atoms with Gasteiger partial charge in [0.25, 0.3) is 0 Å². The normalized spacial score (nSPS) is 13.8. The average Bonchev–Trinajstić information content (AvgIpc) is 2.89. The zero-order chi connectivity index (χ0) is 14.5. The van der Waals surface area contributed by atoms with Gasteiger partial charge in [-0.3, -0.25) is 4.79 Å². The zero-order valence-electron chi connectivity index (χ0n) is 11.7. The minimum atomic E-state index is -0.356. The molecule has 0 N–H and O–H groups in total. The van der Waals surface area contributed by atoms with Gasteiger partial charge < -0.3 is 9.30 Å². The highest BCUT2D eigenvalue weighted by molar-refractivity contribution is 8.00. The minimum absolute atomic E-state index is 0.0188. The summed E-state index contributed by atoms with van der Waals surface area (Å²) in [4.78, 5) is 12.1. The van der Waals surface area contributed by atoms with E-state index in [-0.39, 0.29) is 17.1 Å². The maximum atomic E-state index is 12.1. The van der Waals surface area contributed by atoms with Crippen LogP contribution >= 0.6 is 11.8 Å². The summed E-state index contributed by atoms with van der Waals surface area (Å²) < 4.78 is 6.72. The van der Waals surface area contributed by atoms with Gasteiger partial charge in [-0.2, -0.15) is 0 Å². The Hall–Kier alpha value is -1.82. The summed E-state index contributed by atoms with van der Waals surface area (Å²) in [6.45, 7) is 2.01. The lowest BCUT2D eigenvalue weighted by atomic mass is 9.97. The number of thioether (sulfide) groups is 1. The summed E-state index contributed by atoms with van der Waals surface area (Å²) in [5, 5.41) is 8.19. The summed E-state index contributed by atoms with van der Waals surface area (Å²) in [6, 6.07) is 9.91. The summed E-state index contributed by atoms with van der Waals surface area (Å²) in [5.41, 5.74) is 1.09. The van der Waals surface area contributed by atoms with Gasteiger partial charge in [-0.15, -0.1) is 10.2 Å². The minimum Gasteiger partial charge on any atom is -0.468 e. The number of benzene rings is 1. The Kier molecular flexibility index (Phi) is 4.79. The molecule has 0 spiro atoms. The second-order valence-corrected chi connectivity index (χ2v) is 5.59. The molecule has 20 heavy (non-hydrogen) atoms. The standard InChI is InChI=1S/C14H17N3O2S/c1-10(11-7-5-4-6-8-11)12(13(18)19-3)20-14-16-15-9-17(14)2/h4-10,12H,1-3H3. The van der Waals surface area contributed by atoms with Gasteiger partial charge in [0.15, 0.2) is 5.16 Å². The maximum absolute atomic E-state index is 12.1. The van der Waals surface area contributed by atoms with Gasteiger partial charge in [0.2, 0.25) is 0 Å². The first kappa shape index (κ1) is 14.6. The van der Waals surface area contributed by atoms with Crippen LogP contribution in [0.25, 0.3) is 0 Å². The van der Waals surface area contributed by atoms with Crippen molar-refractivity contribution in [1.82, 2.24) is 14.8 Å². The number of hydrogen-bond donors (Lipinski definition) is 0. The van der Waals surface area contributed by atoms with Crippen molar-refractivity contribution in [1.29, 1.82) is 0 Å². The van der Waals surface area contributed by atoms with Crippen LogP contribution in [-0.2, 0) is 16.6 Å². The first-order valence-electron chi connectivity index (χ1n) is 6.27. The van der Waals surface area contributed by atoms with Crippen molar-refractivity contribution >= 4 is 17.7 Å². The fourth-order valence-electron chi connectivity index (χ4n) is 1.89. The van der Waals surface area contributed by atoms with Gasteiger partial charge in [-0.05, 0) is 5.56 Å². The molecule has 0 fully saturated rings. The van der Waals surface area contributed by atoms with E-state index in [0.717, 1.165) is 5.56 Å². The third-order valence-electron chi connectivity index (χ3n) is 3.12. The summed E-state index contributed by atoms with van der Waals surface area (Å²) in [6.07, 6.45) is 1.61. The molecule has 2 aromatic rings. The Morgan fingerprint density at radius 2 is 2.05 bits per heavy atom. The molecule has 0 amide bonds. The molecule has 1 aromatic heterocycles. The van der Waals surface area contributed by atoms with Crippen molar-refractivity contribution in [2.75, 3.05) is 7.11 Å². The van der Waals surface area contributed by atoms with Crippen LogP contribution in [0, 0.1) is 0 Å². The van der Waals surface area contributed by atoms with Crippen molar-refractivity contribution in [3.05, 3.63) is 42.2 Å². The zero-order valence-corrected chi connectivity index (χ0v) is 12.5. The van der Waals surface area contributed by atoms with E-state index in [1.807, 2.05) is 44.3 Å². The fourth-order valence-corrected chi connectivity index (χ4v) is 2.98. The smallest absolute Gasteiger partial charge is 0.319 e. The molecule has 106 valence electrons. The van der Waals surface area contributed by atoms with Crippen molar-refractivity contribution in [2.24, 2.45) is 7.05 Å². The maximum Gasteiger partial charge on any atom is 0.319 e. The van der Waals surface area contributed by atoms with Crippen LogP contribution in [0.2, 0.25) is 0 Å². The molecule has 2 rings (SSSR count). The first-order chi connectivity index (χ1) is 9.63. The Balaban J connectivity index is 2.24. The lowest BCUT2D eigenvalue weighted by Gasteiger charge is -2.21. The van der Waals surface area contributed by atoms with E-state index in [4.69, 9.17) is 4.74 Å². The predicted molar refractivity (Wildman–Crippen MR) is 77.5 cm³/mol. The van der Waals surface area contributed by atoms with Crippen LogP contribution < -0.4 is 0 Å². The largest absolute Gasteiger partial charge is 0.468 e. The molecule has 2 atom stereocenters. The highest BCUT2D eigenvalue weighted by Crippen LogP contribution is 2.33. The van der Waals surface area contributed by atoms with Crippen molar-refractivity contribution in [3.63, 3.8) is 0 Å². The van der Waals surface area contributed by atoms with Crippen molar-refractivity contribution < 1.29 is 9.53 Å². The molecule has 5 nitrogen and oxygen atoms in total. The highest BCUT2D eigenvalue weighted by atomic mass is 32.2. The van der Waals surface area contributed by atoms with E-state index < -0.39 is 0 Å². The van der Waals surface area contributed by atoms with Crippen LogP contribution in [0.4, 0.5) is 0 Å². The molecular weight excluding hydrogens is 274 g/mol. The van der Waals surface area contributed by atoms with Gasteiger partial charge in [-0.1, -0.05) is 49.0 Å². The molecule has 0 aliphatic carbocycles. The molecule has 0 aliphatic rings. The van der Waals surface area contributed by atoms with Gasteiger partial charge in [0.05, 0.1) is 7.11 Å². The van der Waals surface area contributed by atoms with Crippen LogP contribution in [0.1, 0.15) is 18.4 Å². The average molecular weight is 291 g/mol. The number of carbonyl (C=O) groups is 1. The number of aryl methyl sites for hydroxylation is 1. The molecule has 0 aliphatic heterocycles. The Morgan fingerprint density at radius 3 is 2.60 bits per heavy atom. The van der Waals surface area contributed by atoms with E-state index in [0.29, 0.717) is 5.16 Å². The summed E-state index contributed by atoms with van der Waals surface area (Å²) in [7, 11) is 3.26. The molecule has 0 radical (unpaired) electrons. The Labute approximate surface area is 122 Å². The SMILES string of the molecule is COC(=O)C(Sc1nncn1C)C(C)c1ccccc1. The second kappa shape index (κ2) is 6.56. The Morgan fingerprint density at radius 1 is 1.35 bits per heavy atom. The van der Waals surface area contributed by atoms with Crippen LogP contribution in [0.3, 0.4) is 0 Å². The van der Waals surface area contributed by atoms with E-state index in [1.54, 1.807) is 10.9 Å². The molecule has 1 aromatic carbocycles.